The average molecular weight is 359 g/mol. The van der Waals surface area contributed by atoms with E-state index in [-0.39, 0.29) is 6.10 Å². The third-order valence-corrected chi connectivity index (χ3v) is 4.56. The van der Waals surface area contributed by atoms with Crippen LogP contribution in [0, 0.1) is 6.61 Å². The lowest BCUT2D eigenvalue weighted by molar-refractivity contribution is 0.261. The Kier molecular flexibility index (Phi) is 5.70. The molecule has 1 aliphatic heterocycles. The third kappa shape index (κ3) is 5.11. The Hall–Kier alpha value is -2.78. The lowest BCUT2D eigenvalue weighted by atomic mass is 9.97. The first kappa shape index (κ1) is 17.6. The molecule has 0 aromatic heterocycles. The molecule has 1 radical (unpaired) electrons. The Labute approximate surface area is 160 Å². The van der Waals surface area contributed by atoms with Gasteiger partial charge < -0.3 is 14.2 Å². The molecule has 3 aromatic rings. The van der Waals surface area contributed by atoms with Gasteiger partial charge in [0.15, 0.2) is 0 Å². The minimum absolute atomic E-state index is 0.259. The highest BCUT2D eigenvalue weighted by molar-refractivity contribution is 5.40. The van der Waals surface area contributed by atoms with Crippen LogP contribution in [0.5, 0.6) is 11.5 Å². The van der Waals surface area contributed by atoms with Crippen molar-refractivity contribution in [3.63, 3.8) is 0 Å². The van der Waals surface area contributed by atoms with Gasteiger partial charge in [0.25, 0.3) is 0 Å². The number of epoxide rings is 1. The predicted octanol–water partition coefficient (Wildman–Crippen LogP) is 4.84. The summed E-state index contributed by atoms with van der Waals surface area (Å²) in [5, 5.41) is 0. The molecule has 1 fully saturated rings. The molecule has 1 saturated heterocycles. The Balaban J connectivity index is 1.42. The molecule has 0 amide bonds. The predicted molar refractivity (Wildman–Crippen MR) is 106 cm³/mol. The summed E-state index contributed by atoms with van der Waals surface area (Å²) in [5.41, 5.74) is 3.73. The van der Waals surface area contributed by atoms with Crippen LogP contribution >= 0.6 is 0 Å². The van der Waals surface area contributed by atoms with Crippen molar-refractivity contribution < 1.29 is 14.2 Å². The van der Waals surface area contributed by atoms with Crippen LogP contribution in [-0.4, -0.2) is 19.3 Å². The molecule has 3 nitrogen and oxygen atoms in total. The molecular weight excluding hydrogens is 336 g/mol. The summed E-state index contributed by atoms with van der Waals surface area (Å²) in [5.74, 6) is 1.79. The number of para-hydroxylation sites is 2. The van der Waals surface area contributed by atoms with Crippen molar-refractivity contribution in [3.8, 4) is 11.5 Å². The lowest BCUT2D eigenvalue weighted by Gasteiger charge is -2.13. The number of ether oxygens (including phenoxy) is 3. The van der Waals surface area contributed by atoms with Crippen molar-refractivity contribution in [2.75, 3.05) is 13.2 Å². The monoisotopic (exact) mass is 359 g/mol. The molecular formula is C24H23O3. The van der Waals surface area contributed by atoms with Gasteiger partial charge in [-0.2, -0.15) is 0 Å². The quantitative estimate of drug-likeness (QED) is 0.512. The summed E-state index contributed by atoms with van der Waals surface area (Å²) in [6.07, 6.45) is 1.84. The topological polar surface area (TPSA) is 31.0 Å². The van der Waals surface area contributed by atoms with E-state index >= 15 is 0 Å². The first-order valence-corrected chi connectivity index (χ1v) is 9.31. The largest absolute Gasteiger partial charge is 0.490 e. The fourth-order valence-electron chi connectivity index (χ4n) is 3.00. The van der Waals surface area contributed by atoms with E-state index in [0.717, 1.165) is 30.9 Å². The van der Waals surface area contributed by atoms with E-state index in [9.17, 15) is 0 Å². The second-order valence-electron chi connectivity index (χ2n) is 6.62. The highest BCUT2D eigenvalue weighted by Gasteiger charge is 2.23. The fraction of sp³-hybridized carbons (Fsp3) is 0.208. The molecule has 3 heteroatoms. The van der Waals surface area contributed by atoms with Gasteiger partial charge in [-0.3, -0.25) is 0 Å². The van der Waals surface area contributed by atoms with Gasteiger partial charge >= 0.3 is 0 Å². The smallest absolute Gasteiger partial charge is 0.140 e. The number of rotatable bonds is 9. The van der Waals surface area contributed by atoms with E-state index in [1.807, 2.05) is 49.1 Å². The Morgan fingerprint density at radius 2 is 1.48 bits per heavy atom. The van der Waals surface area contributed by atoms with Crippen LogP contribution in [0.1, 0.15) is 16.7 Å². The van der Waals surface area contributed by atoms with Crippen molar-refractivity contribution in [3.05, 3.63) is 102 Å². The number of hydrogen-bond donors (Lipinski definition) is 0. The van der Waals surface area contributed by atoms with Crippen LogP contribution in [0.15, 0.2) is 78.9 Å². The van der Waals surface area contributed by atoms with Gasteiger partial charge in [0.2, 0.25) is 0 Å². The normalized spacial score (nSPS) is 15.3. The second kappa shape index (κ2) is 8.74. The van der Waals surface area contributed by atoms with Crippen LogP contribution in [0.3, 0.4) is 0 Å². The standard InChI is InChI=1S/C24H23O3/c1-2-11-22(12-3-1)25-15-14-19-8-4-5-9-20(19)16-21-10-6-7-13-24(21)27-18-23-17-26-23/h1-13,15,23H,14,16-18H2. The summed E-state index contributed by atoms with van der Waals surface area (Å²) in [6, 6.07) is 26.6. The zero-order chi connectivity index (χ0) is 18.3. The first-order valence-electron chi connectivity index (χ1n) is 9.31. The summed E-state index contributed by atoms with van der Waals surface area (Å²) >= 11 is 0. The Morgan fingerprint density at radius 1 is 0.815 bits per heavy atom. The third-order valence-electron chi connectivity index (χ3n) is 4.56. The van der Waals surface area contributed by atoms with Crippen LogP contribution < -0.4 is 9.47 Å². The van der Waals surface area contributed by atoms with Crippen molar-refractivity contribution in [1.82, 2.24) is 0 Å². The van der Waals surface area contributed by atoms with Crippen molar-refractivity contribution in [2.45, 2.75) is 18.9 Å². The average Bonchev–Trinajstić information content (AvgIpc) is 3.54. The van der Waals surface area contributed by atoms with E-state index < -0.39 is 0 Å². The van der Waals surface area contributed by atoms with E-state index in [1.54, 1.807) is 0 Å². The van der Waals surface area contributed by atoms with Crippen molar-refractivity contribution in [1.29, 1.82) is 0 Å². The molecule has 0 aliphatic carbocycles. The fourth-order valence-corrected chi connectivity index (χ4v) is 3.00. The second-order valence-corrected chi connectivity index (χ2v) is 6.62. The zero-order valence-electron chi connectivity index (χ0n) is 15.2. The molecule has 1 heterocycles. The molecule has 0 saturated carbocycles. The zero-order valence-corrected chi connectivity index (χ0v) is 15.2. The molecule has 1 unspecified atom stereocenters. The molecule has 0 spiro atoms. The van der Waals surface area contributed by atoms with E-state index in [1.165, 1.54) is 16.7 Å². The summed E-state index contributed by atoms with van der Waals surface area (Å²) in [4.78, 5) is 0. The summed E-state index contributed by atoms with van der Waals surface area (Å²) in [6.45, 7) is 3.29. The molecule has 0 bridgehead atoms. The SMILES string of the molecule is [CH](Cc1ccccc1Cc1ccccc1OCC1CO1)Oc1ccccc1. The molecule has 1 aliphatic rings. The van der Waals surface area contributed by atoms with Crippen LogP contribution in [-0.2, 0) is 17.6 Å². The summed E-state index contributed by atoms with van der Waals surface area (Å²) in [7, 11) is 0. The van der Waals surface area contributed by atoms with E-state index in [0.29, 0.717) is 6.61 Å². The lowest BCUT2D eigenvalue weighted by Crippen LogP contribution is -2.06. The van der Waals surface area contributed by atoms with Gasteiger partial charge in [-0.1, -0.05) is 60.7 Å². The van der Waals surface area contributed by atoms with Gasteiger partial charge in [0.1, 0.15) is 30.8 Å². The molecule has 0 N–H and O–H groups in total. The summed E-state index contributed by atoms with van der Waals surface area (Å²) < 4.78 is 16.9. The number of hydrogen-bond acceptors (Lipinski definition) is 3. The maximum absolute atomic E-state index is 5.95. The van der Waals surface area contributed by atoms with Crippen LogP contribution in [0.4, 0.5) is 0 Å². The molecule has 4 rings (SSSR count). The highest BCUT2D eigenvalue weighted by Crippen LogP contribution is 2.25. The van der Waals surface area contributed by atoms with E-state index in [4.69, 9.17) is 14.2 Å². The van der Waals surface area contributed by atoms with Gasteiger partial charge in [-0.15, -0.1) is 0 Å². The molecule has 27 heavy (non-hydrogen) atoms. The minimum atomic E-state index is 0.259. The molecule has 3 aromatic carbocycles. The molecule has 137 valence electrons. The van der Waals surface area contributed by atoms with Crippen LogP contribution in [0.2, 0.25) is 0 Å². The van der Waals surface area contributed by atoms with Crippen LogP contribution in [0.25, 0.3) is 0 Å². The molecule has 1 atom stereocenters. The van der Waals surface area contributed by atoms with Crippen molar-refractivity contribution >= 4 is 0 Å². The minimum Gasteiger partial charge on any atom is -0.490 e. The Morgan fingerprint density at radius 3 is 2.26 bits per heavy atom. The maximum atomic E-state index is 5.95. The van der Waals surface area contributed by atoms with Gasteiger partial charge in [-0.25, -0.2) is 0 Å². The van der Waals surface area contributed by atoms with E-state index in [2.05, 4.69) is 36.4 Å². The first-order chi connectivity index (χ1) is 13.4. The highest BCUT2D eigenvalue weighted by atomic mass is 16.6. The van der Waals surface area contributed by atoms with Gasteiger partial charge in [0, 0.05) is 12.8 Å². The van der Waals surface area contributed by atoms with Gasteiger partial charge in [0.05, 0.1) is 6.61 Å². The van der Waals surface area contributed by atoms with Crippen molar-refractivity contribution in [2.24, 2.45) is 0 Å². The maximum Gasteiger partial charge on any atom is 0.140 e. The van der Waals surface area contributed by atoms with Gasteiger partial charge in [-0.05, 0) is 34.9 Å². The Bertz CT molecular complexity index is 856. The number of benzene rings is 3.